The summed E-state index contributed by atoms with van der Waals surface area (Å²) in [6, 6.07) is 16.6. The van der Waals surface area contributed by atoms with E-state index in [-0.39, 0.29) is 5.91 Å². The lowest BCUT2D eigenvalue weighted by Crippen LogP contribution is -2.20. The molecule has 1 heterocycles. The van der Waals surface area contributed by atoms with E-state index in [1.165, 1.54) is 26.0 Å². The van der Waals surface area contributed by atoms with E-state index >= 15 is 0 Å². The number of halogens is 1. The van der Waals surface area contributed by atoms with Crippen molar-refractivity contribution in [1.29, 1.82) is 5.26 Å². The zero-order chi connectivity index (χ0) is 23.3. The van der Waals surface area contributed by atoms with E-state index in [9.17, 15) is 10.1 Å². The quantitative estimate of drug-likeness (QED) is 0.448. The molecule has 3 rings (SSSR count). The van der Waals surface area contributed by atoms with E-state index in [1.807, 2.05) is 50.2 Å². The number of hydrogen-bond acceptors (Lipinski definition) is 6. The first kappa shape index (κ1) is 23.5. The van der Waals surface area contributed by atoms with Crippen LogP contribution in [0.5, 0.6) is 11.5 Å². The minimum absolute atomic E-state index is 0.300. The van der Waals surface area contributed by atoms with Gasteiger partial charge in [0.05, 0.1) is 30.5 Å². The molecule has 3 aromatic rings. The maximum Gasteiger partial charge on any atom is 0.242 e. The average Bonchev–Trinajstić information content (AvgIpc) is 2.78. The third-order valence-corrected chi connectivity index (χ3v) is 6.26. The van der Waals surface area contributed by atoms with Gasteiger partial charge in [0.2, 0.25) is 5.91 Å². The maximum absolute atomic E-state index is 13.4. The summed E-state index contributed by atoms with van der Waals surface area (Å²) in [6.45, 7) is 3.72. The average molecular weight is 468 g/mol. The fraction of sp³-hybridized carbons (Fsp3) is 0.208. The van der Waals surface area contributed by atoms with Gasteiger partial charge in [-0.15, -0.1) is 0 Å². The van der Waals surface area contributed by atoms with Gasteiger partial charge in [-0.3, -0.25) is 4.79 Å². The molecule has 6 nitrogen and oxygen atoms in total. The number of thioether (sulfide) groups is 1. The Bertz CT molecular complexity index is 1180. The highest BCUT2D eigenvalue weighted by atomic mass is 35.5. The first-order chi connectivity index (χ1) is 15.4. The maximum atomic E-state index is 13.4. The van der Waals surface area contributed by atoms with Crippen molar-refractivity contribution in [2.24, 2.45) is 0 Å². The van der Waals surface area contributed by atoms with E-state index < -0.39 is 5.25 Å². The van der Waals surface area contributed by atoms with Crippen molar-refractivity contribution in [3.05, 3.63) is 75.9 Å². The van der Waals surface area contributed by atoms with Crippen LogP contribution in [0.25, 0.3) is 0 Å². The lowest BCUT2D eigenvalue weighted by Gasteiger charge is -2.19. The highest BCUT2D eigenvalue weighted by molar-refractivity contribution is 8.00. The molecule has 0 radical (unpaired) electrons. The van der Waals surface area contributed by atoms with Gasteiger partial charge in [0, 0.05) is 11.8 Å². The molecule has 1 aromatic heterocycles. The number of ether oxygens (including phenoxy) is 2. The molecule has 0 spiro atoms. The Morgan fingerprint density at radius 2 is 1.81 bits per heavy atom. The van der Waals surface area contributed by atoms with Crippen molar-refractivity contribution in [1.82, 2.24) is 4.98 Å². The van der Waals surface area contributed by atoms with Crippen molar-refractivity contribution in [2.75, 3.05) is 19.5 Å². The second-order valence-electron chi connectivity index (χ2n) is 6.96. The van der Waals surface area contributed by atoms with Crippen molar-refractivity contribution < 1.29 is 14.3 Å². The number of methoxy groups -OCH3 is 2. The van der Waals surface area contributed by atoms with Crippen LogP contribution in [0.3, 0.4) is 0 Å². The van der Waals surface area contributed by atoms with Gasteiger partial charge >= 0.3 is 0 Å². The Balaban J connectivity index is 2.01. The van der Waals surface area contributed by atoms with Crippen LogP contribution in [0, 0.1) is 25.2 Å². The summed E-state index contributed by atoms with van der Waals surface area (Å²) in [6.07, 6.45) is 0. The Morgan fingerprint density at radius 3 is 2.44 bits per heavy atom. The predicted octanol–water partition coefficient (Wildman–Crippen LogP) is 5.71. The van der Waals surface area contributed by atoms with Crippen LogP contribution in [0.4, 0.5) is 5.69 Å². The Kier molecular flexibility index (Phi) is 7.62. The monoisotopic (exact) mass is 467 g/mol. The number of aromatic nitrogens is 1. The SMILES string of the molecule is COc1cc(OC)c(NC(=O)[C@H](Sc2nc(C)cc(C)c2C#N)c2ccccc2)cc1Cl. The van der Waals surface area contributed by atoms with Gasteiger partial charge in [-0.25, -0.2) is 4.98 Å². The third kappa shape index (κ3) is 5.16. The molecule has 8 heteroatoms. The Hall–Kier alpha value is -3.21. The summed E-state index contributed by atoms with van der Waals surface area (Å²) in [5.41, 5.74) is 3.25. The number of anilines is 1. The number of nitrogens with zero attached hydrogens (tertiary/aromatic N) is 2. The smallest absolute Gasteiger partial charge is 0.242 e. The van der Waals surface area contributed by atoms with E-state index in [4.69, 9.17) is 21.1 Å². The molecular formula is C24H22ClN3O3S. The van der Waals surface area contributed by atoms with Crippen molar-refractivity contribution in [3.8, 4) is 17.6 Å². The third-order valence-electron chi connectivity index (χ3n) is 4.73. The van der Waals surface area contributed by atoms with Gasteiger partial charge in [-0.05, 0) is 37.1 Å². The second-order valence-corrected chi connectivity index (χ2v) is 8.46. The minimum Gasteiger partial charge on any atom is -0.495 e. The lowest BCUT2D eigenvalue weighted by molar-refractivity contribution is -0.115. The highest BCUT2D eigenvalue weighted by Crippen LogP contribution is 2.40. The number of pyridine rings is 1. The molecule has 2 aromatic carbocycles. The van der Waals surface area contributed by atoms with Crippen molar-refractivity contribution >= 4 is 35.0 Å². The number of aryl methyl sites for hydroxylation is 2. The zero-order valence-corrected chi connectivity index (χ0v) is 19.7. The van der Waals surface area contributed by atoms with E-state index in [0.29, 0.717) is 32.8 Å². The molecular weight excluding hydrogens is 446 g/mol. The first-order valence-corrected chi connectivity index (χ1v) is 11.0. The summed E-state index contributed by atoms with van der Waals surface area (Å²) < 4.78 is 10.6. The van der Waals surface area contributed by atoms with Gasteiger partial charge in [0.1, 0.15) is 27.8 Å². The highest BCUT2D eigenvalue weighted by Gasteiger charge is 2.26. The number of carbonyl (C=O) groups is 1. The van der Waals surface area contributed by atoms with Gasteiger partial charge in [-0.1, -0.05) is 53.7 Å². The number of carbonyl (C=O) groups excluding carboxylic acids is 1. The van der Waals surface area contributed by atoms with Crippen LogP contribution in [0.1, 0.15) is 27.6 Å². The van der Waals surface area contributed by atoms with Gasteiger partial charge in [0.15, 0.2) is 0 Å². The molecule has 1 amide bonds. The molecule has 0 fully saturated rings. The van der Waals surface area contributed by atoms with Crippen LogP contribution >= 0.6 is 23.4 Å². The largest absolute Gasteiger partial charge is 0.495 e. The van der Waals surface area contributed by atoms with Crippen LogP contribution < -0.4 is 14.8 Å². The summed E-state index contributed by atoms with van der Waals surface area (Å²) in [4.78, 5) is 18.0. The van der Waals surface area contributed by atoms with Gasteiger partial charge < -0.3 is 14.8 Å². The molecule has 0 aliphatic carbocycles. The van der Waals surface area contributed by atoms with E-state index in [0.717, 1.165) is 16.8 Å². The van der Waals surface area contributed by atoms with Crippen LogP contribution in [0.15, 0.2) is 53.6 Å². The number of nitrogens with one attached hydrogen (secondary N) is 1. The molecule has 1 atom stereocenters. The first-order valence-electron chi connectivity index (χ1n) is 9.70. The molecule has 1 N–H and O–H groups in total. The molecule has 164 valence electrons. The molecule has 32 heavy (non-hydrogen) atoms. The zero-order valence-electron chi connectivity index (χ0n) is 18.1. The van der Waals surface area contributed by atoms with Crippen molar-refractivity contribution in [3.63, 3.8) is 0 Å². The number of benzene rings is 2. The molecule has 0 saturated carbocycles. The number of nitriles is 1. The lowest BCUT2D eigenvalue weighted by atomic mass is 10.1. The fourth-order valence-corrected chi connectivity index (χ4v) is 4.64. The van der Waals surface area contributed by atoms with Crippen LogP contribution in [0.2, 0.25) is 5.02 Å². The second kappa shape index (κ2) is 10.4. The topological polar surface area (TPSA) is 84.2 Å². The number of amides is 1. The molecule has 0 aliphatic heterocycles. The van der Waals surface area contributed by atoms with Crippen molar-refractivity contribution in [2.45, 2.75) is 24.1 Å². The molecule has 0 bridgehead atoms. The summed E-state index contributed by atoms with van der Waals surface area (Å²) in [5.74, 6) is 0.554. The fourth-order valence-electron chi connectivity index (χ4n) is 3.19. The summed E-state index contributed by atoms with van der Waals surface area (Å²) in [5, 5.41) is 12.7. The minimum atomic E-state index is -0.664. The number of hydrogen-bond donors (Lipinski definition) is 1. The van der Waals surface area contributed by atoms with Gasteiger partial charge in [-0.2, -0.15) is 5.26 Å². The number of rotatable bonds is 7. The van der Waals surface area contributed by atoms with Crippen LogP contribution in [-0.4, -0.2) is 25.1 Å². The Labute approximate surface area is 196 Å². The molecule has 0 unspecified atom stereocenters. The standard InChI is InChI=1S/C24H22ClN3O3S/c1-14-10-15(2)27-24(17(14)13-26)32-22(16-8-6-5-7-9-16)23(29)28-19-11-18(25)20(30-3)12-21(19)31-4/h5-12,22H,1-4H3,(H,28,29)/t22-/m1/s1. The summed E-state index contributed by atoms with van der Waals surface area (Å²) in [7, 11) is 3.00. The van der Waals surface area contributed by atoms with E-state index in [2.05, 4.69) is 16.4 Å². The predicted molar refractivity (Wildman–Crippen MR) is 127 cm³/mol. The molecule has 0 aliphatic rings. The molecule has 0 saturated heterocycles. The van der Waals surface area contributed by atoms with E-state index in [1.54, 1.807) is 12.1 Å². The van der Waals surface area contributed by atoms with Gasteiger partial charge in [0.25, 0.3) is 0 Å². The Morgan fingerprint density at radius 1 is 1.12 bits per heavy atom. The summed E-state index contributed by atoms with van der Waals surface area (Å²) >= 11 is 7.49. The normalized spacial score (nSPS) is 11.4. The van der Waals surface area contributed by atoms with Crippen LogP contribution in [-0.2, 0) is 4.79 Å².